The molecule has 0 atom stereocenters. The molecule has 0 spiro atoms. The van der Waals surface area contributed by atoms with E-state index >= 15 is 0 Å². The molecule has 172 valence electrons. The van der Waals surface area contributed by atoms with Crippen LogP contribution in [0.5, 0.6) is 5.75 Å². The highest BCUT2D eigenvalue weighted by Gasteiger charge is 2.16. The molecule has 2 aromatic heterocycles. The van der Waals surface area contributed by atoms with Crippen molar-refractivity contribution < 1.29 is 9.15 Å². The number of benzene rings is 2. The van der Waals surface area contributed by atoms with Crippen LogP contribution in [0.2, 0.25) is 0 Å². The zero-order chi connectivity index (χ0) is 24.1. The van der Waals surface area contributed by atoms with Crippen LogP contribution >= 0.6 is 0 Å². The topological polar surface area (TPSA) is 101 Å². The number of hydrogen-bond donors (Lipinski definition) is 1. The largest absolute Gasteiger partial charge is 0.494 e. The molecule has 0 saturated heterocycles. The minimum atomic E-state index is 0.0604. The highest BCUT2D eigenvalue weighted by molar-refractivity contribution is 5.89. The maximum atomic E-state index is 9.35. The Morgan fingerprint density at radius 3 is 2.71 bits per heavy atom. The minimum absolute atomic E-state index is 0.0604. The standard InChI is InChI=1S/C26H26N6O2/c1-5-33-23-12-11-19(13-18(23)4)24-20(16-32(31-24)21-9-7-6-8-10-21)15-28-30-26-22(14-27)29-25(34-26)17(2)3/h6-13,15-17,30H,5H2,1-4H3/b28-15+. The summed E-state index contributed by atoms with van der Waals surface area (Å²) in [5, 5.41) is 18.5. The third-order valence-corrected chi connectivity index (χ3v) is 5.12. The molecule has 1 N–H and O–H groups in total. The van der Waals surface area contributed by atoms with Crippen molar-refractivity contribution in [3.05, 3.63) is 77.4 Å². The molecule has 2 heterocycles. The van der Waals surface area contributed by atoms with Crippen LogP contribution in [-0.4, -0.2) is 27.6 Å². The number of rotatable bonds is 8. The average molecular weight is 455 g/mol. The summed E-state index contributed by atoms with van der Waals surface area (Å²) in [6.45, 7) is 8.48. The molecule has 0 amide bonds. The Morgan fingerprint density at radius 1 is 1.24 bits per heavy atom. The lowest BCUT2D eigenvalue weighted by molar-refractivity contribution is 0.338. The van der Waals surface area contributed by atoms with Gasteiger partial charge in [-0.15, -0.1) is 0 Å². The Labute approximate surface area is 198 Å². The van der Waals surface area contributed by atoms with Gasteiger partial charge in [0.1, 0.15) is 17.5 Å². The summed E-state index contributed by atoms with van der Waals surface area (Å²) >= 11 is 0. The quantitative estimate of drug-likeness (QED) is 0.272. The third-order valence-electron chi connectivity index (χ3n) is 5.12. The van der Waals surface area contributed by atoms with Crippen molar-refractivity contribution in [3.8, 4) is 28.8 Å². The van der Waals surface area contributed by atoms with Gasteiger partial charge >= 0.3 is 0 Å². The minimum Gasteiger partial charge on any atom is -0.494 e. The van der Waals surface area contributed by atoms with Crippen LogP contribution in [0, 0.1) is 18.3 Å². The molecule has 4 rings (SSSR count). The fourth-order valence-electron chi connectivity index (χ4n) is 3.43. The van der Waals surface area contributed by atoms with Gasteiger partial charge < -0.3 is 9.15 Å². The van der Waals surface area contributed by atoms with Crippen molar-refractivity contribution in [2.24, 2.45) is 5.10 Å². The first-order valence-corrected chi connectivity index (χ1v) is 11.1. The van der Waals surface area contributed by atoms with Gasteiger partial charge in [-0.25, -0.2) is 15.1 Å². The van der Waals surface area contributed by atoms with Crippen LogP contribution in [0.25, 0.3) is 16.9 Å². The van der Waals surface area contributed by atoms with E-state index < -0.39 is 0 Å². The second kappa shape index (κ2) is 10.0. The maximum Gasteiger partial charge on any atom is 0.252 e. The SMILES string of the molecule is CCOc1ccc(-c2nn(-c3ccccc3)cc2/C=N/Nc2oc(C(C)C)nc2C#N)cc1C. The Kier molecular flexibility index (Phi) is 6.74. The molecule has 8 heteroatoms. The highest BCUT2D eigenvalue weighted by atomic mass is 16.5. The van der Waals surface area contributed by atoms with E-state index in [1.165, 1.54) is 0 Å². The lowest BCUT2D eigenvalue weighted by Gasteiger charge is -2.08. The second-order valence-corrected chi connectivity index (χ2v) is 7.99. The summed E-state index contributed by atoms with van der Waals surface area (Å²) in [7, 11) is 0. The van der Waals surface area contributed by atoms with E-state index in [1.807, 2.05) is 93.2 Å². The molecule has 0 saturated carbocycles. The molecular formula is C26H26N6O2. The molecule has 0 fully saturated rings. The number of para-hydroxylation sites is 1. The molecule has 2 aromatic carbocycles. The molecule has 4 aromatic rings. The van der Waals surface area contributed by atoms with Crippen LogP contribution in [0.15, 0.2) is 64.2 Å². The summed E-state index contributed by atoms with van der Waals surface area (Å²) in [5.74, 6) is 1.61. The number of nitriles is 1. The normalized spacial score (nSPS) is 11.2. The molecule has 0 bridgehead atoms. The van der Waals surface area contributed by atoms with Crippen molar-refractivity contribution >= 4 is 12.1 Å². The van der Waals surface area contributed by atoms with Gasteiger partial charge in [0, 0.05) is 23.2 Å². The van der Waals surface area contributed by atoms with Gasteiger partial charge in [0.15, 0.2) is 0 Å². The Bertz CT molecular complexity index is 1350. The van der Waals surface area contributed by atoms with E-state index in [4.69, 9.17) is 14.3 Å². The number of anilines is 1. The summed E-state index contributed by atoms with van der Waals surface area (Å²) < 4.78 is 13.1. The fraction of sp³-hybridized carbons (Fsp3) is 0.231. The molecule has 0 aliphatic heterocycles. The van der Waals surface area contributed by atoms with E-state index in [0.29, 0.717) is 12.5 Å². The first-order chi connectivity index (χ1) is 16.5. The van der Waals surface area contributed by atoms with Gasteiger partial charge in [-0.3, -0.25) is 0 Å². The van der Waals surface area contributed by atoms with Gasteiger partial charge in [0.25, 0.3) is 5.88 Å². The number of aromatic nitrogens is 3. The molecule has 0 radical (unpaired) electrons. The van der Waals surface area contributed by atoms with Crippen LogP contribution in [-0.2, 0) is 0 Å². The highest BCUT2D eigenvalue weighted by Crippen LogP contribution is 2.28. The molecular weight excluding hydrogens is 428 g/mol. The van der Waals surface area contributed by atoms with Crippen LogP contribution in [0.4, 0.5) is 5.88 Å². The van der Waals surface area contributed by atoms with Crippen LogP contribution < -0.4 is 10.2 Å². The average Bonchev–Trinajstić information content (AvgIpc) is 3.46. The van der Waals surface area contributed by atoms with E-state index in [2.05, 4.69) is 15.5 Å². The van der Waals surface area contributed by atoms with E-state index in [1.54, 1.807) is 6.21 Å². The summed E-state index contributed by atoms with van der Waals surface area (Å²) in [4.78, 5) is 4.20. The zero-order valence-corrected chi connectivity index (χ0v) is 19.6. The maximum absolute atomic E-state index is 9.35. The number of hydrazone groups is 1. The second-order valence-electron chi connectivity index (χ2n) is 7.99. The first kappa shape index (κ1) is 22.8. The summed E-state index contributed by atoms with van der Waals surface area (Å²) in [5.41, 5.74) is 7.44. The predicted molar refractivity (Wildman–Crippen MR) is 131 cm³/mol. The van der Waals surface area contributed by atoms with Crippen molar-refractivity contribution in [1.29, 1.82) is 5.26 Å². The predicted octanol–water partition coefficient (Wildman–Crippen LogP) is 5.68. The Morgan fingerprint density at radius 2 is 2.03 bits per heavy atom. The smallest absolute Gasteiger partial charge is 0.252 e. The lowest BCUT2D eigenvalue weighted by atomic mass is 10.1. The molecule has 0 unspecified atom stereocenters. The molecule has 8 nitrogen and oxygen atoms in total. The molecule has 0 aliphatic rings. The number of hydrogen-bond acceptors (Lipinski definition) is 7. The zero-order valence-electron chi connectivity index (χ0n) is 19.6. The monoisotopic (exact) mass is 454 g/mol. The van der Waals surface area contributed by atoms with E-state index in [0.717, 1.165) is 33.8 Å². The lowest BCUT2D eigenvalue weighted by Crippen LogP contribution is -1.96. The van der Waals surface area contributed by atoms with Crippen LogP contribution in [0.1, 0.15) is 49.4 Å². The van der Waals surface area contributed by atoms with Crippen molar-refractivity contribution in [2.45, 2.75) is 33.6 Å². The van der Waals surface area contributed by atoms with Gasteiger partial charge in [-0.05, 0) is 49.7 Å². The van der Waals surface area contributed by atoms with E-state index in [9.17, 15) is 5.26 Å². The van der Waals surface area contributed by atoms with Crippen LogP contribution in [0.3, 0.4) is 0 Å². The number of ether oxygens (including phenoxy) is 1. The summed E-state index contributed by atoms with van der Waals surface area (Å²) in [6.07, 6.45) is 3.57. The van der Waals surface area contributed by atoms with Gasteiger partial charge in [-0.1, -0.05) is 32.0 Å². The van der Waals surface area contributed by atoms with Crippen molar-refractivity contribution in [1.82, 2.24) is 14.8 Å². The van der Waals surface area contributed by atoms with Crippen molar-refractivity contribution in [2.75, 3.05) is 12.0 Å². The molecule has 0 aliphatic carbocycles. The van der Waals surface area contributed by atoms with Gasteiger partial charge in [0.2, 0.25) is 11.6 Å². The number of aryl methyl sites for hydroxylation is 1. The summed E-state index contributed by atoms with van der Waals surface area (Å²) in [6, 6.07) is 17.9. The molecule has 34 heavy (non-hydrogen) atoms. The number of nitrogens with zero attached hydrogens (tertiary/aromatic N) is 5. The van der Waals surface area contributed by atoms with Crippen molar-refractivity contribution in [3.63, 3.8) is 0 Å². The first-order valence-electron chi connectivity index (χ1n) is 11.1. The Hall–Kier alpha value is -4.38. The van der Waals surface area contributed by atoms with Gasteiger partial charge in [-0.2, -0.15) is 15.5 Å². The third kappa shape index (κ3) is 4.84. The fourth-order valence-corrected chi connectivity index (χ4v) is 3.43. The van der Waals surface area contributed by atoms with Gasteiger partial charge in [0.05, 0.1) is 18.5 Å². The Balaban J connectivity index is 1.69. The number of oxazole rings is 1. The number of nitrogens with one attached hydrogen (secondary N) is 1. The van der Waals surface area contributed by atoms with E-state index in [-0.39, 0.29) is 17.5 Å².